The van der Waals surface area contributed by atoms with Crippen molar-refractivity contribution in [2.75, 3.05) is 7.11 Å². The van der Waals surface area contributed by atoms with Gasteiger partial charge in [0.25, 0.3) is 0 Å². The maximum absolute atomic E-state index is 9.38. The van der Waals surface area contributed by atoms with E-state index < -0.39 is 0 Å². The Balaban J connectivity index is 2.42. The van der Waals surface area contributed by atoms with Crippen molar-refractivity contribution in [1.29, 1.82) is 0 Å². The quantitative estimate of drug-likeness (QED) is 0.888. The first-order valence-corrected chi connectivity index (χ1v) is 7.32. The Morgan fingerprint density at radius 1 is 1.25 bits per heavy atom. The van der Waals surface area contributed by atoms with Crippen molar-refractivity contribution in [3.63, 3.8) is 0 Å². The molecule has 0 aliphatic carbocycles. The van der Waals surface area contributed by atoms with Gasteiger partial charge in [0.2, 0.25) is 0 Å². The summed E-state index contributed by atoms with van der Waals surface area (Å²) in [4.78, 5) is 1.87. The lowest BCUT2D eigenvalue weighted by molar-refractivity contribution is 0.279. The van der Waals surface area contributed by atoms with E-state index >= 15 is 0 Å². The summed E-state index contributed by atoms with van der Waals surface area (Å²) in [6.07, 6.45) is 0. The van der Waals surface area contributed by atoms with E-state index in [1.807, 2.05) is 30.3 Å². The summed E-state index contributed by atoms with van der Waals surface area (Å²) in [5.41, 5.74) is 7.58. The van der Waals surface area contributed by atoms with Gasteiger partial charge in [-0.2, -0.15) is 0 Å². The number of ether oxygens (including phenoxy) is 1. The first-order valence-electron chi connectivity index (χ1n) is 6.12. The molecule has 0 aliphatic heterocycles. The Bertz CT molecular complexity index is 604. The van der Waals surface area contributed by atoms with Gasteiger partial charge in [-0.1, -0.05) is 41.6 Å². The molecule has 0 unspecified atom stereocenters. The molecule has 20 heavy (non-hydrogen) atoms. The zero-order valence-corrected chi connectivity index (χ0v) is 12.7. The molecule has 0 saturated carbocycles. The van der Waals surface area contributed by atoms with Crippen molar-refractivity contribution >= 4 is 23.4 Å². The fraction of sp³-hybridized carbons (Fsp3) is 0.200. The number of nitrogens with two attached hydrogens (primary N) is 1. The molecule has 0 bridgehead atoms. The predicted molar refractivity (Wildman–Crippen MR) is 82.4 cm³/mol. The predicted octanol–water partition coefficient (Wildman–Crippen LogP) is 3.45. The molecule has 0 amide bonds. The molecule has 2 rings (SSSR count). The van der Waals surface area contributed by atoms with Crippen molar-refractivity contribution in [3.05, 3.63) is 52.5 Å². The number of methoxy groups -OCH3 is 1. The second-order valence-electron chi connectivity index (χ2n) is 4.17. The maximum Gasteiger partial charge on any atom is 0.120 e. The lowest BCUT2D eigenvalue weighted by Gasteiger charge is -2.13. The van der Waals surface area contributed by atoms with E-state index in [0.29, 0.717) is 17.3 Å². The fourth-order valence-electron chi connectivity index (χ4n) is 1.85. The number of aliphatic hydroxyl groups is 1. The maximum atomic E-state index is 9.38. The molecule has 0 radical (unpaired) electrons. The molecular weight excluding hydrogens is 294 g/mol. The monoisotopic (exact) mass is 309 g/mol. The summed E-state index contributed by atoms with van der Waals surface area (Å²) < 4.78 is 5.20. The van der Waals surface area contributed by atoms with Gasteiger partial charge in [-0.3, -0.25) is 0 Å². The normalized spacial score (nSPS) is 10.6. The minimum atomic E-state index is -0.00505. The highest BCUT2D eigenvalue weighted by molar-refractivity contribution is 7.99. The van der Waals surface area contributed by atoms with Gasteiger partial charge in [-0.25, -0.2) is 0 Å². The van der Waals surface area contributed by atoms with Gasteiger partial charge in [0.1, 0.15) is 5.75 Å². The van der Waals surface area contributed by atoms with Crippen LogP contribution in [0.2, 0.25) is 5.02 Å². The van der Waals surface area contributed by atoms with Crippen molar-refractivity contribution in [1.82, 2.24) is 0 Å². The number of benzene rings is 2. The van der Waals surface area contributed by atoms with Crippen LogP contribution >= 0.6 is 23.4 Å². The van der Waals surface area contributed by atoms with Gasteiger partial charge < -0.3 is 15.6 Å². The second kappa shape index (κ2) is 6.99. The van der Waals surface area contributed by atoms with Gasteiger partial charge in [0.15, 0.2) is 0 Å². The van der Waals surface area contributed by atoms with Crippen LogP contribution in [0.1, 0.15) is 11.1 Å². The van der Waals surface area contributed by atoms with Crippen LogP contribution in [0.25, 0.3) is 0 Å². The minimum absolute atomic E-state index is 0.00505. The van der Waals surface area contributed by atoms with Crippen molar-refractivity contribution in [2.24, 2.45) is 5.73 Å². The van der Waals surface area contributed by atoms with E-state index in [4.69, 9.17) is 22.1 Å². The Morgan fingerprint density at radius 3 is 2.65 bits per heavy atom. The van der Waals surface area contributed by atoms with E-state index in [1.54, 1.807) is 13.2 Å². The number of hydrogen-bond acceptors (Lipinski definition) is 4. The van der Waals surface area contributed by atoms with Crippen molar-refractivity contribution < 1.29 is 9.84 Å². The number of aliphatic hydroxyl groups excluding tert-OH is 1. The average Bonchev–Trinajstić information content (AvgIpc) is 2.49. The Labute approximate surface area is 127 Å². The standard InChI is InChI=1S/C15H16ClNO2S/c1-19-12-6-11(8-17)15(13(16)7-12)20-14-5-3-2-4-10(14)9-18/h2-7,18H,8-9,17H2,1H3. The highest BCUT2D eigenvalue weighted by Crippen LogP contribution is 2.39. The topological polar surface area (TPSA) is 55.5 Å². The molecule has 2 aromatic carbocycles. The lowest BCUT2D eigenvalue weighted by atomic mass is 10.2. The number of halogens is 1. The summed E-state index contributed by atoms with van der Waals surface area (Å²) in [5.74, 6) is 0.690. The molecule has 3 nitrogen and oxygen atoms in total. The van der Waals surface area contributed by atoms with Crippen LogP contribution in [0.3, 0.4) is 0 Å². The average molecular weight is 310 g/mol. The Morgan fingerprint density at radius 2 is 2.00 bits per heavy atom. The van der Waals surface area contributed by atoms with Crippen LogP contribution in [0, 0.1) is 0 Å². The van der Waals surface area contributed by atoms with E-state index in [0.717, 1.165) is 20.9 Å². The fourth-order valence-corrected chi connectivity index (χ4v) is 3.26. The molecule has 0 spiro atoms. The third kappa shape index (κ3) is 3.27. The molecule has 0 atom stereocenters. The zero-order chi connectivity index (χ0) is 14.5. The van der Waals surface area contributed by atoms with E-state index in [2.05, 4.69) is 0 Å². The smallest absolute Gasteiger partial charge is 0.120 e. The van der Waals surface area contributed by atoms with Crippen LogP contribution in [-0.2, 0) is 13.2 Å². The third-order valence-electron chi connectivity index (χ3n) is 2.90. The van der Waals surface area contributed by atoms with Crippen molar-refractivity contribution in [2.45, 2.75) is 22.9 Å². The van der Waals surface area contributed by atoms with Crippen LogP contribution in [0.4, 0.5) is 0 Å². The van der Waals surface area contributed by atoms with E-state index in [9.17, 15) is 5.11 Å². The number of rotatable bonds is 5. The lowest BCUT2D eigenvalue weighted by Crippen LogP contribution is -2.00. The molecule has 0 fully saturated rings. The molecule has 0 saturated heterocycles. The molecule has 0 aromatic heterocycles. The minimum Gasteiger partial charge on any atom is -0.497 e. The SMILES string of the molecule is COc1cc(Cl)c(Sc2ccccc2CO)c(CN)c1. The first-order chi connectivity index (χ1) is 9.69. The molecule has 106 valence electrons. The molecule has 5 heteroatoms. The van der Waals surface area contributed by atoms with Gasteiger partial charge in [0, 0.05) is 16.3 Å². The van der Waals surface area contributed by atoms with Gasteiger partial charge >= 0.3 is 0 Å². The summed E-state index contributed by atoms with van der Waals surface area (Å²) in [5, 5.41) is 9.98. The molecule has 2 aromatic rings. The summed E-state index contributed by atoms with van der Waals surface area (Å²) in [6, 6.07) is 11.3. The largest absolute Gasteiger partial charge is 0.497 e. The highest BCUT2D eigenvalue weighted by atomic mass is 35.5. The molecule has 0 heterocycles. The summed E-state index contributed by atoms with van der Waals surface area (Å²) >= 11 is 7.83. The van der Waals surface area contributed by atoms with E-state index in [1.165, 1.54) is 11.8 Å². The van der Waals surface area contributed by atoms with Crippen LogP contribution < -0.4 is 10.5 Å². The van der Waals surface area contributed by atoms with Gasteiger partial charge in [-0.15, -0.1) is 0 Å². The summed E-state index contributed by atoms with van der Waals surface area (Å²) in [7, 11) is 1.60. The second-order valence-corrected chi connectivity index (χ2v) is 5.63. The molecule has 3 N–H and O–H groups in total. The van der Waals surface area contributed by atoms with Gasteiger partial charge in [0.05, 0.1) is 18.7 Å². The molecular formula is C15H16ClNO2S. The van der Waals surface area contributed by atoms with Crippen LogP contribution in [0.5, 0.6) is 5.75 Å². The number of hydrogen-bond donors (Lipinski definition) is 2. The van der Waals surface area contributed by atoms with Gasteiger partial charge in [-0.05, 0) is 29.3 Å². The van der Waals surface area contributed by atoms with E-state index in [-0.39, 0.29) is 6.61 Å². The highest BCUT2D eigenvalue weighted by Gasteiger charge is 2.12. The Hall–Kier alpha value is -1.20. The first kappa shape index (κ1) is 15.2. The Kier molecular flexibility index (Phi) is 5.31. The third-order valence-corrected chi connectivity index (χ3v) is 4.62. The van der Waals surface area contributed by atoms with Crippen LogP contribution in [-0.4, -0.2) is 12.2 Å². The van der Waals surface area contributed by atoms with Crippen molar-refractivity contribution in [3.8, 4) is 5.75 Å². The zero-order valence-electron chi connectivity index (χ0n) is 11.1. The van der Waals surface area contributed by atoms with Crippen LogP contribution in [0.15, 0.2) is 46.2 Å². The summed E-state index contributed by atoms with van der Waals surface area (Å²) in [6.45, 7) is 0.370. The molecule has 0 aliphatic rings.